The number of carbonyl (C=O) groups excluding carboxylic acids is 1. The monoisotopic (exact) mass is 926 g/mol. The fourth-order valence-electron chi connectivity index (χ4n) is 14.8. The van der Waals surface area contributed by atoms with Crippen molar-refractivity contribution in [2.75, 3.05) is 13.2 Å². The van der Waals surface area contributed by atoms with Crippen LogP contribution >= 0.6 is 0 Å². The molecule has 65 heavy (non-hydrogen) atoms. The van der Waals surface area contributed by atoms with Crippen LogP contribution in [-0.4, -0.2) is 168 Å². The molecule has 8 aliphatic rings. The number of rotatable bonds is 9. The Morgan fingerprint density at radius 2 is 1.25 bits per heavy atom. The second-order valence-corrected chi connectivity index (χ2v) is 23.0. The number of aliphatic hydroxyl groups excluding tert-OH is 9. The van der Waals surface area contributed by atoms with E-state index in [1.807, 2.05) is 0 Å². The van der Waals surface area contributed by atoms with E-state index < -0.39 is 128 Å². The highest BCUT2D eigenvalue weighted by molar-refractivity contribution is 5.79. The van der Waals surface area contributed by atoms with Crippen LogP contribution in [0.2, 0.25) is 0 Å². The molecule has 18 heteroatoms. The van der Waals surface area contributed by atoms with Crippen LogP contribution in [0.3, 0.4) is 0 Å². The summed E-state index contributed by atoms with van der Waals surface area (Å²) >= 11 is 0. The summed E-state index contributed by atoms with van der Waals surface area (Å²) in [5.74, 6) is -1.77. The molecule has 0 unspecified atom stereocenters. The van der Waals surface area contributed by atoms with E-state index in [-0.39, 0.29) is 39.4 Å². The maximum absolute atomic E-state index is 14.6. The topological polar surface area (TPSA) is 292 Å². The van der Waals surface area contributed by atoms with Crippen LogP contribution in [0.4, 0.5) is 0 Å². The van der Waals surface area contributed by atoms with E-state index in [0.29, 0.717) is 19.3 Å². The Bertz CT molecular complexity index is 1820. The van der Waals surface area contributed by atoms with Gasteiger partial charge in [0.05, 0.1) is 24.7 Å². The van der Waals surface area contributed by atoms with Gasteiger partial charge in [0.25, 0.3) is 0 Å². The molecular formula is C47H74O18. The number of hydrogen-bond acceptors (Lipinski definition) is 17. The molecule has 3 heterocycles. The van der Waals surface area contributed by atoms with Gasteiger partial charge in [0.1, 0.15) is 61.0 Å². The lowest BCUT2D eigenvalue weighted by Gasteiger charge is -2.71. The quantitative estimate of drug-likeness (QED) is 0.0872. The van der Waals surface area contributed by atoms with Crippen molar-refractivity contribution in [1.82, 2.24) is 0 Å². The van der Waals surface area contributed by atoms with E-state index >= 15 is 0 Å². The van der Waals surface area contributed by atoms with Gasteiger partial charge in [-0.15, -0.1) is 0 Å². The Balaban J connectivity index is 1.01. The first-order chi connectivity index (χ1) is 30.3. The third-order valence-corrected chi connectivity index (χ3v) is 18.9. The predicted molar refractivity (Wildman–Crippen MR) is 225 cm³/mol. The summed E-state index contributed by atoms with van der Waals surface area (Å²) in [5, 5.41) is 104. The number of ether oxygens (including phenoxy) is 6. The van der Waals surface area contributed by atoms with Crippen LogP contribution in [0.5, 0.6) is 0 Å². The molecule has 0 radical (unpaired) electrons. The van der Waals surface area contributed by atoms with Crippen LogP contribution in [0, 0.1) is 50.2 Å². The Morgan fingerprint density at radius 3 is 1.89 bits per heavy atom. The molecule has 0 spiro atoms. The predicted octanol–water partition coefficient (Wildman–Crippen LogP) is 0.872. The second kappa shape index (κ2) is 17.2. The average molecular weight is 927 g/mol. The molecule has 370 valence electrons. The maximum atomic E-state index is 14.6. The number of carbonyl (C=O) groups is 2. The van der Waals surface area contributed by atoms with Gasteiger partial charge in [-0.1, -0.05) is 60.1 Å². The Kier molecular flexibility index (Phi) is 13.1. The van der Waals surface area contributed by atoms with Crippen LogP contribution in [0.25, 0.3) is 0 Å². The molecule has 10 N–H and O–H groups in total. The van der Waals surface area contributed by atoms with Gasteiger partial charge in [-0.3, -0.25) is 4.79 Å². The summed E-state index contributed by atoms with van der Waals surface area (Å²) in [6.07, 6.45) is -13.2. The minimum Gasteiger partial charge on any atom is -0.479 e. The first kappa shape index (κ1) is 49.5. The van der Waals surface area contributed by atoms with Crippen molar-refractivity contribution in [2.45, 2.75) is 205 Å². The molecule has 7 fully saturated rings. The van der Waals surface area contributed by atoms with Gasteiger partial charge in [-0.05, 0) is 109 Å². The zero-order valence-electron chi connectivity index (χ0n) is 38.7. The Labute approximate surface area is 380 Å². The molecule has 5 aliphatic carbocycles. The standard InChI is InChI=1S/C47H74O18/c1-42(2)14-16-47(41(59)65-39-33(55)30(52)28(50)23(19-48)61-39)17-15-45(6)21(22(47)18-42)8-9-26-44(5)12-11-27(43(3,4)25(44)10-13-46(26,45)7)62-40-34(56)31(53)35(36(64-40)37(57)58)63-38-32(54)29(51)24(20-49)60-38/h8,22-36,38-40,48-56H,9-20H2,1-7H3,(H,57,58)/t22-,23+,24-,25-,26+,27-,28+,29-,30-,31+,32+,33+,34+,35+,36-,38-,39-,40+,44-,45+,46+,47-/m0/s1. The molecule has 3 aliphatic heterocycles. The fourth-order valence-corrected chi connectivity index (χ4v) is 14.8. The number of esters is 1. The van der Waals surface area contributed by atoms with E-state index in [9.17, 15) is 60.7 Å². The molecule has 0 amide bonds. The molecule has 8 rings (SSSR count). The molecule has 0 aromatic rings. The molecule has 18 nitrogen and oxygen atoms in total. The molecular weight excluding hydrogens is 852 g/mol. The molecule has 4 saturated carbocycles. The number of hydrogen-bond donors (Lipinski definition) is 10. The van der Waals surface area contributed by atoms with Gasteiger partial charge in [-0.2, -0.15) is 0 Å². The normalized spacial score (nSPS) is 52.5. The SMILES string of the molecule is CC1(C)CC[C@]2(C(=O)O[C@@H]3O[C@H](CO)[C@@H](O)[C@H](O)[C@H]3O)CC[C@]3(C)C(=CC[C@@H]4[C@@]5(C)CC[C@H](O[C@@H]6O[C@H](C(=O)O)[C@H](O[C@@H]7O[C@@H](CO)[C@H](O)[C@H]7O)[C@H](O)[C@H]6O)C(C)(C)[C@@H]5CC[C@]43C)[C@@H]2C1. The number of aliphatic hydroxyl groups is 9. The van der Waals surface area contributed by atoms with Gasteiger partial charge in [-0.25, -0.2) is 4.79 Å². The Hall–Kier alpha value is -1.88. The lowest BCUT2D eigenvalue weighted by molar-refractivity contribution is -0.342. The summed E-state index contributed by atoms with van der Waals surface area (Å²) in [7, 11) is 0. The molecule has 22 atom stereocenters. The largest absolute Gasteiger partial charge is 0.479 e. The lowest BCUT2D eigenvalue weighted by Crippen LogP contribution is -2.66. The number of fused-ring (bicyclic) bond motifs is 7. The van der Waals surface area contributed by atoms with Gasteiger partial charge in [0, 0.05) is 0 Å². The van der Waals surface area contributed by atoms with E-state index in [1.54, 1.807) is 0 Å². The summed E-state index contributed by atoms with van der Waals surface area (Å²) in [6, 6.07) is 0. The van der Waals surface area contributed by atoms with Crippen molar-refractivity contribution < 1.29 is 89.1 Å². The summed E-state index contributed by atoms with van der Waals surface area (Å²) < 4.78 is 35.0. The molecule has 0 aromatic heterocycles. The molecule has 0 bridgehead atoms. The first-order valence-corrected chi connectivity index (χ1v) is 23.7. The van der Waals surface area contributed by atoms with E-state index in [1.165, 1.54) is 5.57 Å². The van der Waals surface area contributed by atoms with Crippen molar-refractivity contribution in [3.8, 4) is 0 Å². The maximum Gasteiger partial charge on any atom is 0.335 e. The zero-order chi connectivity index (χ0) is 47.6. The smallest absolute Gasteiger partial charge is 0.335 e. The van der Waals surface area contributed by atoms with Crippen molar-refractivity contribution in [3.63, 3.8) is 0 Å². The summed E-state index contributed by atoms with van der Waals surface area (Å²) in [6.45, 7) is 14.6. The van der Waals surface area contributed by atoms with Crippen molar-refractivity contribution in [1.29, 1.82) is 0 Å². The summed E-state index contributed by atoms with van der Waals surface area (Å²) in [5.41, 5.74) is -0.800. The molecule has 3 saturated heterocycles. The van der Waals surface area contributed by atoms with Crippen molar-refractivity contribution in [3.05, 3.63) is 11.6 Å². The zero-order valence-corrected chi connectivity index (χ0v) is 38.7. The third-order valence-electron chi connectivity index (χ3n) is 18.9. The van der Waals surface area contributed by atoms with E-state index in [0.717, 1.165) is 44.9 Å². The minimum atomic E-state index is -1.84. The third kappa shape index (κ3) is 7.67. The average Bonchev–Trinajstić information content (AvgIpc) is 3.52. The van der Waals surface area contributed by atoms with Crippen molar-refractivity contribution in [2.24, 2.45) is 50.2 Å². The second-order valence-electron chi connectivity index (χ2n) is 23.0. The first-order valence-electron chi connectivity index (χ1n) is 23.7. The Morgan fingerprint density at radius 1 is 0.662 bits per heavy atom. The highest BCUT2D eigenvalue weighted by atomic mass is 16.8. The highest BCUT2D eigenvalue weighted by Crippen LogP contribution is 2.76. The van der Waals surface area contributed by atoms with Gasteiger partial charge in [0.15, 0.2) is 18.7 Å². The highest BCUT2D eigenvalue weighted by Gasteiger charge is 2.70. The fraction of sp³-hybridized carbons (Fsp3) is 0.915. The summed E-state index contributed by atoms with van der Waals surface area (Å²) in [4.78, 5) is 27.2. The van der Waals surface area contributed by atoms with Crippen molar-refractivity contribution >= 4 is 11.9 Å². The van der Waals surface area contributed by atoms with E-state index in [2.05, 4.69) is 54.5 Å². The number of carboxylic acid groups (broad SMARTS) is 1. The minimum absolute atomic E-state index is 0.0645. The van der Waals surface area contributed by atoms with Gasteiger partial charge in [0.2, 0.25) is 6.29 Å². The van der Waals surface area contributed by atoms with E-state index in [4.69, 9.17) is 28.4 Å². The van der Waals surface area contributed by atoms with Crippen LogP contribution < -0.4 is 0 Å². The van der Waals surface area contributed by atoms with Gasteiger partial charge >= 0.3 is 11.9 Å². The van der Waals surface area contributed by atoms with Crippen LogP contribution in [0.1, 0.15) is 113 Å². The number of carboxylic acids is 1. The number of allylic oxidation sites excluding steroid dienone is 2. The molecule has 0 aromatic carbocycles. The lowest BCUT2D eigenvalue weighted by atomic mass is 9.33. The number of aliphatic carboxylic acids is 1. The van der Waals surface area contributed by atoms with Crippen LogP contribution in [0.15, 0.2) is 11.6 Å². The van der Waals surface area contributed by atoms with Gasteiger partial charge < -0.3 is 79.5 Å². The van der Waals surface area contributed by atoms with Crippen LogP contribution in [-0.2, 0) is 38.0 Å².